The van der Waals surface area contributed by atoms with E-state index >= 15 is 0 Å². The number of hydrogen-bond acceptors (Lipinski definition) is 4. The molecule has 1 aliphatic heterocycles. The van der Waals surface area contributed by atoms with Crippen LogP contribution >= 0.6 is 0 Å². The molecule has 0 atom stereocenters. The largest absolute Gasteiger partial charge is 0.444 e. The molecule has 4 rings (SSSR count). The van der Waals surface area contributed by atoms with Gasteiger partial charge in [-0.3, -0.25) is 4.79 Å². The summed E-state index contributed by atoms with van der Waals surface area (Å²) in [6.45, 7) is 6.78. The molecule has 40 heavy (non-hydrogen) atoms. The van der Waals surface area contributed by atoms with Gasteiger partial charge >= 0.3 is 18.4 Å². The summed E-state index contributed by atoms with van der Waals surface area (Å²) in [5, 5.41) is 0.489. The molecule has 0 spiro atoms. The van der Waals surface area contributed by atoms with Gasteiger partial charge in [-0.2, -0.15) is 26.3 Å². The zero-order chi connectivity index (χ0) is 29.5. The smallest absolute Gasteiger partial charge is 0.416 e. The molecule has 1 aromatic heterocycles. The number of pyridine rings is 1. The second-order valence-electron chi connectivity index (χ2n) is 10.5. The van der Waals surface area contributed by atoms with Crippen molar-refractivity contribution in [1.82, 2.24) is 14.8 Å². The average Bonchev–Trinajstić information content (AvgIpc) is 3.12. The third-order valence-corrected chi connectivity index (χ3v) is 6.25. The van der Waals surface area contributed by atoms with E-state index in [1.165, 1.54) is 24.3 Å². The Balaban J connectivity index is 1.56. The minimum Gasteiger partial charge on any atom is -0.444 e. The van der Waals surface area contributed by atoms with Crippen LogP contribution in [0.5, 0.6) is 0 Å². The molecule has 2 heterocycles. The molecule has 1 aliphatic rings. The molecule has 214 valence electrons. The Labute approximate surface area is 226 Å². The number of nitrogens with zero attached hydrogens (tertiary/aromatic N) is 3. The fourth-order valence-corrected chi connectivity index (χ4v) is 4.33. The second-order valence-corrected chi connectivity index (χ2v) is 10.5. The zero-order valence-corrected chi connectivity index (χ0v) is 22.0. The fourth-order valence-electron chi connectivity index (χ4n) is 4.33. The van der Waals surface area contributed by atoms with Crippen LogP contribution < -0.4 is 0 Å². The van der Waals surface area contributed by atoms with Crippen LogP contribution in [0.4, 0.5) is 31.1 Å². The molecule has 1 saturated heterocycles. The normalized spacial score (nSPS) is 15.2. The Hall–Kier alpha value is -3.83. The molecule has 0 unspecified atom stereocenters. The lowest BCUT2D eigenvalue weighted by molar-refractivity contribution is -0.143. The van der Waals surface area contributed by atoms with Gasteiger partial charge in [0.2, 0.25) is 0 Å². The minimum absolute atomic E-state index is 0.0675. The van der Waals surface area contributed by atoms with E-state index in [1.54, 1.807) is 36.6 Å². The first-order chi connectivity index (χ1) is 18.5. The summed E-state index contributed by atoms with van der Waals surface area (Å²) in [6, 6.07) is 8.70. The van der Waals surface area contributed by atoms with Gasteiger partial charge in [0.05, 0.1) is 22.3 Å². The molecule has 0 N–H and O–H groups in total. The number of carbonyl (C=O) groups excluding carboxylic acids is 2. The predicted molar refractivity (Wildman–Crippen MR) is 136 cm³/mol. The maximum Gasteiger partial charge on any atom is 0.416 e. The third-order valence-electron chi connectivity index (χ3n) is 6.25. The van der Waals surface area contributed by atoms with Crippen molar-refractivity contribution in [3.63, 3.8) is 0 Å². The number of benzene rings is 2. The van der Waals surface area contributed by atoms with Gasteiger partial charge in [-0.25, -0.2) is 9.78 Å². The van der Waals surface area contributed by atoms with E-state index in [9.17, 15) is 35.9 Å². The van der Waals surface area contributed by atoms with E-state index in [1.807, 2.05) is 0 Å². The number of carbonyl (C=O) groups is 2. The Morgan fingerprint density at radius 2 is 1.38 bits per heavy atom. The number of ether oxygens (including phenoxy) is 1. The minimum atomic E-state index is -4.97. The van der Waals surface area contributed by atoms with Crippen LogP contribution in [-0.4, -0.2) is 58.6 Å². The van der Waals surface area contributed by atoms with Crippen LogP contribution in [0.1, 0.15) is 48.7 Å². The molecule has 2 amide bonds. The Kier molecular flexibility index (Phi) is 7.75. The van der Waals surface area contributed by atoms with Crippen LogP contribution in [0.15, 0.2) is 48.5 Å². The average molecular weight is 568 g/mol. The third kappa shape index (κ3) is 6.83. The zero-order valence-electron chi connectivity index (χ0n) is 22.0. The highest BCUT2D eigenvalue weighted by molar-refractivity contribution is 5.98. The summed E-state index contributed by atoms with van der Waals surface area (Å²) in [7, 11) is 0. The number of amides is 2. The molecular weight excluding hydrogens is 540 g/mol. The van der Waals surface area contributed by atoms with Crippen molar-refractivity contribution < 1.29 is 40.7 Å². The lowest BCUT2D eigenvalue weighted by Gasteiger charge is -2.26. The van der Waals surface area contributed by atoms with Gasteiger partial charge in [0.25, 0.3) is 5.91 Å². The first-order valence-corrected chi connectivity index (χ1v) is 12.5. The summed E-state index contributed by atoms with van der Waals surface area (Å²) in [4.78, 5) is 33.1. The quantitative estimate of drug-likeness (QED) is 0.312. The standard InChI is InChI=1S/C28H27F6N3O3/c1-26(2,3)40-25(39)37-10-4-9-36(11-12-37)24(38)18-6-8-22-17(13-18)5-7-23(35-22)19-14-20(27(29,30)31)16-21(15-19)28(32,33)34/h5-8,13-16H,4,9-12H2,1-3H3. The van der Waals surface area contributed by atoms with Crippen molar-refractivity contribution in [2.75, 3.05) is 26.2 Å². The molecule has 3 aromatic rings. The molecule has 0 saturated carbocycles. The summed E-state index contributed by atoms with van der Waals surface area (Å²) in [6.07, 6.45) is -9.84. The van der Waals surface area contributed by atoms with Crippen molar-refractivity contribution in [2.45, 2.75) is 45.1 Å². The van der Waals surface area contributed by atoms with Crippen LogP contribution in [0.3, 0.4) is 0 Å². The van der Waals surface area contributed by atoms with Crippen LogP contribution in [0, 0.1) is 0 Å². The van der Waals surface area contributed by atoms with Crippen molar-refractivity contribution in [3.05, 3.63) is 65.2 Å². The second kappa shape index (κ2) is 10.6. The van der Waals surface area contributed by atoms with Crippen LogP contribution in [0.25, 0.3) is 22.2 Å². The van der Waals surface area contributed by atoms with Crippen LogP contribution in [0.2, 0.25) is 0 Å². The lowest BCUT2D eigenvalue weighted by atomic mass is 10.0. The summed E-state index contributed by atoms with van der Waals surface area (Å²) >= 11 is 0. The number of alkyl halides is 6. The summed E-state index contributed by atoms with van der Waals surface area (Å²) in [5.41, 5.74) is -3.26. The summed E-state index contributed by atoms with van der Waals surface area (Å²) < 4.78 is 85.1. The molecule has 2 aromatic carbocycles. The van der Waals surface area contributed by atoms with Crippen molar-refractivity contribution in [2.24, 2.45) is 0 Å². The van der Waals surface area contributed by atoms with Crippen molar-refractivity contribution >= 4 is 22.9 Å². The Morgan fingerprint density at radius 1 is 0.775 bits per heavy atom. The van der Waals surface area contributed by atoms with Crippen molar-refractivity contribution in [1.29, 1.82) is 0 Å². The van der Waals surface area contributed by atoms with E-state index in [0.29, 0.717) is 61.2 Å². The highest BCUT2D eigenvalue weighted by atomic mass is 19.4. The molecule has 0 bridgehead atoms. The fraction of sp³-hybridized carbons (Fsp3) is 0.393. The number of rotatable bonds is 2. The SMILES string of the molecule is CC(C)(C)OC(=O)N1CCCN(C(=O)c2ccc3nc(-c4cc(C(F)(F)F)cc(C(F)(F)F)c4)ccc3c2)CC1. The Morgan fingerprint density at radius 3 is 1.98 bits per heavy atom. The first-order valence-electron chi connectivity index (χ1n) is 12.5. The molecule has 6 nitrogen and oxygen atoms in total. The van der Waals surface area contributed by atoms with Gasteiger partial charge in [-0.15, -0.1) is 0 Å². The van der Waals surface area contributed by atoms with E-state index in [-0.39, 0.29) is 23.2 Å². The molecule has 1 fully saturated rings. The van der Waals surface area contributed by atoms with Gasteiger partial charge < -0.3 is 14.5 Å². The van der Waals surface area contributed by atoms with Gasteiger partial charge in [0.1, 0.15) is 5.60 Å². The number of halogens is 6. The van der Waals surface area contributed by atoms with E-state index in [0.717, 1.165) is 0 Å². The number of aromatic nitrogens is 1. The van der Waals surface area contributed by atoms with E-state index < -0.39 is 35.2 Å². The lowest BCUT2D eigenvalue weighted by Crippen LogP contribution is -2.40. The number of fused-ring (bicyclic) bond motifs is 1. The highest BCUT2D eigenvalue weighted by Gasteiger charge is 2.37. The monoisotopic (exact) mass is 567 g/mol. The highest BCUT2D eigenvalue weighted by Crippen LogP contribution is 2.38. The molecular formula is C28H27F6N3O3. The molecule has 12 heteroatoms. The van der Waals surface area contributed by atoms with Gasteiger partial charge in [-0.05, 0) is 69.7 Å². The van der Waals surface area contributed by atoms with E-state index in [4.69, 9.17) is 4.74 Å². The maximum atomic E-state index is 13.3. The van der Waals surface area contributed by atoms with E-state index in [2.05, 4.69) is 4.98 Å². The van der Waals surface area contributed by atoms with Crippen LogP contribution in [-0.2, 0) is 17.1 Å². The van der Waals surface area contributed by atoms with Gasteiger partial charge in [0, 0.05) is 42.7 Å². The molecule has 0 radical (unpaired) electrons. The van der Waals surface area contributed by atoms with Gasteiger partial charge in [0.15, 0.2) is 0 Å². The topological polar surface area (TPSA) is 62.7 Å². The first kappa shape index (κ1) is 29.2. The van der Waals surface area contributed by atoms with Gasteiger partial charge in [-0.1, -0.05) is 6.07 Å². The van der Waals surface area contributed by atoms with Crippen molar-refractivity contribution in [3.8, 4) is 11.3 Å². The number of hydrogen-bond donors (Lipinski definition) is 0. The Bertz CT molecular complexity index is 1400. The summed E-state index contributed by atoms with van der Waals surface area (Å²) in [5.74, 6) is -0.273. The predicted octanol–water partition coefficient (Wildman–Crippen LogP) is 7.02. The molecule has 0 aliphatic carbocycles. The maximum absolute atomic E-state index is 13.3.